The van der Waals surface area contributed by atoms with Crippen molar-refractivity contribution in [2.45, 2.75) is 36.7 Å². The summed E-state index contributed by atoms with van der Waals surface area (Å²) in [5.74, 6) is -0.0451. The Morgan fingerprint density at radius 1 is 1.21 bits per heavy atom. The van der Waals surface area contributed by atoms with E-state index in [-0.39, 0.29) is 40.0 Å². The summed E-state index contributed by atoms with van der Waals surface area (Å²) in [7, 11) is -1.83. The molecule has 0 spiro atoms. The lowest BCUT2D eigenvalue weighted by atomic mass is 9.99. The van der Waals surface area contributed by atoms with Crippen LogP contribution in [0, 0.1) is 5.92 Å². The number of amides is 1. The summed E-state index contributed by atoms with van der Waals surface area (Å²) >= 11 is 13.3. The number of carbonyl (C=O) groups is 1. The topological polar surface area (TPSA) is 99.2 Å². The zero-order valence-electron chi connectivity index (χ0n) is 21.8. The van der Waals surface area contributed by atoms with Crippen molar-refractivity contribution in [2.75, 3.05) is 31.5 Å². The van der Waals surface area contributed by atoms with Crippen LogP contribution in [0.2, 0.25) is 10.0 Å². The summed E-state index contributed by atoms with van der Waals surface area (Å²) in [6, 6.07) is 12.9. The van der Waals surface area contributed by atoms with Gasteiger partial charge in [0.15, 0.2) is 0 Å². The van der Waals surface area contributed by atoms with Crippen LogP contribution >= 0.6 is 34.5 Å². The van der Waals surface area contributed by atoms with Gasteiger partial charge in [-0.1, -0.05) is 42.3 Å². The van der Waals surface area contributed by atoms with E-state index in [1.54, 1.807) is 41.5 Å². The van der Waals surface area contributed by atoms with Gasteiger partial charge in [-0.2, -0.15) is 0 Å². The number of anilines is 1. The van der Waals surface area contributed by atoms with Crippen LogP contribution in [0.4, 0.5) is 5.69 Å². The van der Waals surface area contributed by atoms with Crippen LogP contribution in [0.25, 0.3) is 0 Å². The number of aliphatic hydroxyl groups is 1. The molecule has 1 amide bonds. The van der Waals surface area contributed by atoms with Crippen molar-refractivity contribution in [3.8, 4) is 5.75 Å². The van der Waals surface area contributed by atoms with E-state index in [1.165, 1.54) is 12.1 Å². The van der Waals surface area contributed by atoms with E-state index >= 15 is 0 Å². The molecule has 0 fully saturated rings. The van der Waals surface area contributed by atoms with E-state index in [2.05, 4.69) is 9.62 Å². The molecule has 210 valence electrons. The molecule has 12 heteroatoms. The Morgan fingerprint density at radius 2 is 1.97 bits per heavy atom. The Labute approximate surface area is 243 Å². The highest BCUT2D eigenvalue weighted by molar-refractivity contribution is 7.94. The van der Waals surface area contributed by atoms with Crippen LogP contribution in [0.1, 0.15) is 29.8 Å². The fourth-order valence-electron chi connectivity index (χ4n) is 4.45. The maximum Gasteiger partial charge on any atom is 0.271 e. The molecule has 0 aliphatic carbocycles. The largest absolute Gasteiger partial charge is 0.488 e. The quantitative estimate of drug-likeness (QED) is 0.345. The van der Waals surface area contributed by atoms with Crippen molar-refractivity contribution in [1.82, 2.24) is 9.80 Å². The molecular formula is C27H31Cl2N3O5S2. The Hall–Kier alpha value is -2.34. The van der Waals surface area contributed by atoms with Crippen LogP contribution < -0.4 is 9.46 Å². The molecule has 2 N–H and O–H groups in total. The Bertz CT molecular complexity index is 1420. The molecule has 2 heterocycles. The number of thiophene rings is 1. The molecule has 3 atom stereocenters. The Morgan fingerprint density at radius 3 is 2.64 bits per heavy atom. The van der Waals surface area contributed by atoms with Gasteiger partial charge in [-0.3, -0.25) is 14.4 Å². The molecule has 0 bridgehead atoms. The average molecular weight is 613 g/mol. The average Bonchev–Trinajstić information content (AvgIpc) is 3.44. The number of carbonyl (C=O) groups excluding carboxylic acids is 1. The zero-order chi connectivity index (χ0) is 28.3. The lowest BCUT2D eigenvalue weighted by molar-refractivity contribution is 0.0341. The number of hydrogen-bond acceptors (Lipinski definition) is 7. The van der Waals surface area contributed by atoms with E-state index in [4.69, 9.17) is 27.9 Å². The molecule has 0 saturated heterocycles. The van der Waals surface area contributed by atoms with Crippen molar-refractivity contribution in [3.63, 3.8) is 0 Å². The van der Waals surface area contributed by atoms with Gasteiger partial charge in [-0.25, -0.2) is 8.42 Å². The number of benzene rings is 2. The summed E-state index contributed by atoms with van der Waals surface area (Å²) < 4.78 is 34.7. The van der Waals surface area contributed by atoms with Gasteiger partial charge in [0.1, 0.15) is 16.1 Å². The van der Waals surface area contributed by atoms with Crippen LogP contribution in [-0.4, -0.2) is 68.1 Å². The second-order valence-electron chi connectivity index (χ2n) is 9.82. The molecule has 8 nitrogen and oxygen atoms in total. The third-order valence-electron chi connectivity index (χ3n) is 6.61. The molecule has 2 aromatic carbocycles. The van der Waals surface area contributed by atoms with Gasteiger partial charge in [0.05, 0.1) is 28.3 Å². The Kier molecular flexibility index (Phi) is 9.46. The fourth-order valence-corrected chi connectivity index (χ4v) is 6.81. The maximum absolute atomic E-state index is 13.6. The van der Waals surface area contributed by atoms with Crippen molar-refractivity contribution >= 4 is 56.2 Å². The minimum absolute atomic E-state index is 0.0654. The van der Waals surface area contributed by atoms with Gasteiger partial charge in [0.25, 0.3) is 15.9 Å². The first-order valence-electron chi connectivity index (χ1n) is 12.4. The Balaban J connectivity index is 1.62. The summed E-state index contributed by atoms with van der Waals surface area (Å²) in [5.41, 5.74) is 1.47. The lowest BCUT2D eigenvalue weighted by Gasteiger charge is -2.38. The second-order valence-corrected chi connectivity index (χ2v) is 13.5. The van der Waals surface area contributed by atoms with E-state index < -0.39 is 16.1 Å². The summed E-state index contributed by atoms with van der Waals surface area (Å²) in [6.07, 6.45) is -0.299. The van der Waals surface area contributed by atoms with Gasteiger partial charge in [0.2, 0.25) is 0 Å². The van der Waals surface area contributed by atoms with Crippen LogP contribution in [-0.2, 0) is 16.6 Å². The molecule has 0 unspecified atom stereocenters. The standard InChI is InChI=1S/C27H31Cl2N3O5S2/c1-17-13-32(18(2)16-33)27(34)21-12-20(30-39(35,36)26-5-4-10-38-26)7-9-24(21)37-25(17)15-31(3)14-19-6-8-22(28)23(29)11-19/h4-12,17-18,25,30,33H,13-16H2,1-3H3/t17-,18+,25+/m1/s1. The zero-order valence-corrected chi connectivity index (χ0v) is 24.9. The molecule has 0 radical (unpaired) electrons. The predicted octanol–water partition coefficient (Wildman–Crippen LogP) is 5.21. The van der Waals surface area contributed by atoms with Gasteiger partial charge in [-0.05, 0) is 61.3 Å². The fraction of sp³-hybridized carbons (Fsp3) is 0.370. The van der Waals surface area contributed by atoms with Crippen molar-refractivity contribution in [3.05, 3.63) is 75.1 Å². The molecule has 3 aromatic rings. The second kappa shape index (κ2) is 12.4. The van der Waals surface area contributed by atoms with E-state index in [1.807, 2.05) is 26.1 Å². The molecule has 1 aliphatic heterocycles. The van der Waals surface area contributed by atoms with Crippen molar-refractivity contribution in [1.29, 1.82) is 0 Å². The highest BCUT2D eigenvalue weighted by atomic mass is 35.5. The smallest absolute Gasteiger partial charge is 0.271 e. The van der Waals surface area contributed by atoms with Crippen LogP contribution in [0.15, 0.2) is 58.1 Å². The number of fused-ring (bicyclic) bond motifs is 1. The number of rotatable bonds is 9. The molecule has 1 aliphatic rings. The van der Waals surface area contributed by atoms with E-state index in [9.17, 15) is 18.3 Å². The van der Waals surface area contributed by atoms with Gasteiger partial charge < -0.3 is 14.7 Å². The number of hydrogen-bond donors (Lipinski definition) is 2. The lowest BCUT2D eigenvalue weighted by Crippen LogP contribution is -2.49. The molecular weight excluding hydrogens is 581 g/mol. The summed E-state index contributed by atoms with van der Waals surface area (Å²) in [5, 5.41) is 12.6. The highest BCUT2D eigenvalue weighted by Crippen LogP contribution is 2.32. The molecule has 4 rings (SSSR count). The van der Waals surface area contributed by atoms with Gasteiger partial charge in [0, 0.05) is 31.2 Å². The maximum atomic E-state index is 13.6. The first-order valence-corrected chi connectivity index (χ1v) is 15.5. The van der Waals surface area contributed by atoms with Crippen molar-refractivity contribution < 1.29 is 23.1 Å². The van der Waals surface area contributed by atoms with Crippen LogP contribution in [0.5, 0.6) is 5.75 Å². The first-order chi connectivity index (χ1) is 18.5. The monoisotopic (exact) mass is 611 g/mol. The molecule has 39 heavy (non-hydrogen) atoms. The van der Waals surface area contributed by atoms with E-state index in [0.717, 1.165) is 16.9 Å². The summed E-state index contributed by atoms with van der Waals surface area (Å²) in [4.78, 5) is 17.4. The van der Waals surface area contributed by atoms with Crippen LogP contribution in [0.3, 0.4) is 0 Å². The predicted molar refractivity (Wildman–Crippen MR) is 156 cm³/mol. The molecule has 1 aromatic heterocycles. The number of aliphatic hydroxyl groups excluding tert-OH is 1. The normalized spacial score (nSPS) is 18.7. The number of halogens is 2. The number of likely N-dealkylation sites (N-methyl/N-ethyl adjacent to an activating group) is 1. The van der Waals surface area contributed by atoms with Gasteiger partial charge >= 0.3 is 0 Å². The SMILES string of the molecule is C[C@@H]1CN([C@@H](C)CO)C(=O)c2cc(NS(=O)(=O)c3cccs3)ccc2O[C@H]1CN(C)Cc1ccc(Cl)c(Cl)c1. The van der Waals surface area contributed by atoms with E-state index in [0.29, 0.717) is 35.4 Å². The first kappa shape index (κ1) is 29.6. The third-order valence-corrected chi connectivity index (χ3v) is 10.1. The minimum Gasteiger partial charge on any atom is -0.488 e. The number of ether oxygens (including phenoxy) is 1. The minimum atomic E-state index is -3.80. The van der Waals surface area contributed by atoms with Gasteiger partial charge in [-0.15, -0.1) is 11.3 Å². The number of nitrogens with zero attached hydrogens (tertiary/aromatic N) is 2. The molecule has 0 saturated carbocycles. The number of nitrogens with one attached hydrogen (secondary N) is 1. The number of sulfonamides is 1. The third kappa shape index (κ3) is 7.06. The summed E-state index contributed by atoms with van der Waals surface area (Å²) in [6.45, 7) is 5.09. The van der Waals surface area contributed by atoms with Crippen molar-refractivity contribution in [2.24, 2.45) is 5.92 Å². The highest BCUT2D eigenvalue weighted by Gasteiger charge is 2.33.